The van der Waals surface area contributed by atoms with Crippen molar-refractivity contribution < 1.29 is 14.3 Å². The van der Waals surface area contributed by atoms with E-state index in [0.29, 0.717) is 18.0 Å². The quantitative estimate of drug-likeness (QED) is 0.163. The van der Waals surface area contributed by atoms with Gasteiger partial charge in [0.05, 0.1) is 19.0 Å². The van der Waals surface area contributed by atoms with Crippen molar-refractivity contribution in [2.75, 3.05) is 6.61 Å². The first kappa shape index (κ1) is 27.8. The summed E-state index contributed by atoms with van der Waals surface area (Å²) in [6.07, 6.45) is 18.0. The minimum absolute atomic E-state index is 0.217. The van der Waals surface area contributed by atoms with Gasteiger partial charge in [0.25, 0.3) is 0 Å². The Kier molecular flexibility index (Phi) is 14.0. The zero-order valence-corrected chi connectivity index (χ0v) is 21.6. The molecule has 0 aliphatic rings. The van der Waals surface area contributed by atoms with Gasteiger partial charge in [-0.25, -0.2) is 9.97 Å². The number of carbonyl (C=O) groups excluding carboxylic acids is 1. The van der Waals surface area contributed by atoms with E-state index in [2.05, 4.69) is 30.7 Å². The highest BCUT2D eigenvalue weighted by Crippen LogP contribution is 2.21. The lowest BCUT2D eigenvalue weighted by molar-refractivity contribution is -0.134. The molecule has 1 heterocycles. The predicted molar refractivity (Wildman–Crippen MR) is 139 cm³/mol. The van der Waals surface area contributed by atoms with Crippen LogP contribution in [0.15, 0.2) is 36.7 Å². The zero-order valence-electron chi connectivity index (χ0n) is 21.6. The van der Waals surface area contributed by atoms with Crippen molar-refractivity contribution in [2.24, 2.45) is 5.92 Å². The molecule has 0 spiro atoms. The van der Waals surface area contributed by atoms with Gasteiger partial charge in [0, 0.05) is 12.0 Å². The molecule has 188 valence electrons. The van der Waals surface area contributed by atoms with Crippen molar-refractivity contribution in [1.29, 1.82) is 0 Å². The monoisotopic (exact) mass is 468 g/mol. The molecular weight excluding hydrogens is 424 g/mol. The number of ether oxygens (including phenoxy) is 2. The second-order valence-electron chi connectivity index (χ2n) is 9.32. The number of esters is 1. The number of nitrogens with zero attached hydrogens (tertiary/aromatic N) is 2. The number of carbonyl (C=O) groups is 1. The summed E-state index contributed by atoms with van der Waals surface area (Å²) in [5.74, 6) is 2.44. The summed E-state index contributed by atoms with van der Waals surface area (Å²) in [7, 11) is 0. The number of hydrogen-bond donors (Lipinski definition) is 0. The third-order valence-corrected chi connectivity index (χ3v) is 6.26. The molecule has 1 atom stereocenters. The average molecular weight is 469 g/mol. The Morgan fingerprint density at radius 1 is 0.824 bits per heavy atom. The van der Waals surface area contributed by atoms with E-state index < -0.39 is 0 Å². The first-order valence-corrected chi connectivity index (χ1v) is 13.4. The minimum Gasteiger partial charge on any atom is -0.494 e. The Labute approximate surface area is 206 Å². The molecule has 0 aliphatic heterocycles. The predicted octanol–water partition coefficient (Wildman–Crippen LogP) is 8.18. The maximum atomic E-state index is 12.1. The summed E-state index contributed by atoms with van der Waals surface area (Å²) in [5, 5.41) is 0. The van der Waals surface area contributed by atoms with Gasteiger partial charge in [-0.15, -0.1) is 0 Å². The molecule has 0 radical (unpaired) electrons. The molecule has 0 bridgehead atoms. The second-order valence-corrected chi connectivity index (χ2v) is 9.32. The fraction of sp³-hybridized carbons (Fsp3) is 0.621. The molecule has 0 aliphatic carbocycles. The van der Waals surface area contributed by atoms with E-state index in [-0.39, 0.29) is 5.97 Å². The molecule has 0 saturated heterocycles. The Hall–Kier alpha value is -2.43. The highest BCUT2D eigenvalue weighted by atomic mass is 16.5. The molecule has 1 aromatic carbocycles. The Bertz CT molecular complexity index is 790. The van der Waals surface area contributed by atoms with Gasteiger partial charge in [-0.3, -0.25) is 4.79 Å². The Balaban J connectivity index is 1.66. The van der Waals surface area contributed by atoms with E-state index in [1.54, 1.807) is 12.4 Å². The molecular formula is C29H44N2O3. The molecule has 0 N–H and O–H groups in total. The normalized spacial score (nSPS) is 11.9. The molecule has 34 heavy (non-hydrogen) atoms. The van der Waals surface area contributed by atoms with Crippen LogP contribution in [0, 0.1) is 5.92 Å². The molecule has 0 fully saturated rings. The minimum atomic E-state index is -0.217. The van der Waals surface area contributed by atoms with Crippen molar-refractivity contribution in [3.8, 4) is 22.9 Å². The van der Waals surface area contributed by atoms with Crippen molar-refractivity contribution in [3.05, 3.63) is 36.7 Å². The summed E-state index contributed by atoms with van der Waals surface area (Å²) in [6, 6.07) is 7.82. The van der Waals surface area contributed by atoms with Crippen LogP contribution >= 0.6 is 0 Å². The first-order chi connectivity index (χ1) is 16.6. The number of benzene rings is 1. The van der Waals surface area contributed by atoms with Gasteiger partial charge in [-0.05, 0) is 43.0 Å². The highest BCUT2D eigenvalue weighted by Gasteiger charge is 2.08. The summed E-state index contributed by atoms with van der Waals surface area (Å²) < 4.78 is 11.2. The molecule has 5 heteroatoms. The molecule has 2 rings (SSSR count). The molecule has 5 nitrogen and oxygen atoms in total. The van der Waals surface area contributed by atoms with Crippen LogP contribution in [-0.2, 0) is 4.79 Å². The van der Waals surface area contributed by atoms with Crippen molar-refractivity contribution in [3.63, 3.8) is 0 Å². The molecule has 2 aromatic rings. The third kappa shape index (κ3) is 11.6. The fourth-order valence-electron chi connectivity index (χ4n) is 3.79. The van der Waals surface area contributed by atoms with Gasteiger partial charge < -0.3 is 9.47 Å². The lowest BCUT2D eigenvalue weighted by Gasteiger charge is -2.08. The van der Waals surface area contributed by atoms with E-state index >= 15 is 0 Å². The first-order valence-electron chi connectivity index (χ1n) is 13.4. The SMILES string of the molecule is CCCCCCCCOc1ccc(-c2ncc(OC(=O)CCCCCCC(C)CC)cn2)cc1. The summed E-state index contributed by atoms with van der Waals surface area (Å²) >= 11 is 0. The lowest BCUT2D eigenvalue weighted by atomic mass is 10.0. The van der Waals surface area contributed by atoms with Crippen LogP contribution in [0.3, 0.4) is 0 Å². The van der Waals surface area contributed by atoms with Gasteiger partial charge in [-0.2, -0.15) is 0 Å². The largest absolute Gasteiger partial charge is 0.494 e. The standard InChI is InChI=1S/C29H44N2O3/c1-4-6-7-8-11-14-21-33-26-19-17-25(18-20-26)29-30-22-27(23-31-29)34-28(32)16-13-10-9-12-15-24(3)5-2/h17-20,22-24H,4-16,21H2,1-3H3. The topological polar surface area (TPSA) is 61.3 Å². The van der Waals surface area contributed by atoms with Gasteiger partial charge in [-0.1, -0.05) is 85.0 Å². The molecule has 0 amide bonds. The number of unbranched alkanes of at least 4 members (excludes halogenated alkanes) is 8. The van der Waals surface area contributed by atoms with Gasteiger partial charge in [0.1, 0.15) is 5.75 Å². The van der Waals surface area contributed by atoms with Crippen molar-refractivity contribution in [2.45, 2.75) is 104 Å². The molecule has 1 unspecified atom stereocenters. The summed E-state index contributed by atoms with van der Waals surface area (Å²) in [4.78, 5) is 20.8. The van der Waals surface area contributed by atoms with Crippen LogP contribution in [0.5, 0.6) is 11.5 Å². The van der Waals surface area contributed by atoms with Crippen LogP contribution in [0.2, 0.25) is 0 Å². The average Bonchev–Trinajstić information content (AvgIpc) is 2.86. The summed E-state index contributed by atoms with van der Waals surface area (Å²) in [6.45, 7) is 7.52. The van der Waals surface area contributed by atoms with Gasteiger partial charge in [0.15, 0.2) is 11.6 Å². The van der Waals surface area contributed by atoms with Gasteiger partial charge in [0.2, 0.25) is 0 Å². The Morgan fingerprint density at radius 2 is 1.47 bits per heavy atom. The second kappa shape index (κ2) is 17.1. The third-order valence-electron chi connectivity index (χ3n) is 6.26. The van der Waals surface area contributed by atoms with E-state index in [4.69, 9.17) is 9.47 Å². The van der Waals surface area contributed by atoms with Crippen molar-refractivity contribution in [1.82, 2.24) is 9.97 Å². The zero-order chi connectivity index (χ0) is 24.4. The van der Waals surface area contributed by atoms with Crippen LogP contribution in [0.1, 0.15) is 104 Å². The van der Waals surface area contributed by atoms with Crippen LogP contribution in [-0.4, -0.2) is 22.5 Å². The van der Waals surface area contributed by atoms with E-state index in [9.17, 15) is 4.79 Å². The maximum Gasteiger partial charge on any atom is 0.311 e. The smallest absolute Gasteiger partial charge is 0.311 e. The van der Waals surface area contributed by atoms with Crippen LogP contribution in [0.4, 0.5) is 0 Å². The van der Waals surface area contributed by atoms with E-state index in [1.807, 2.05) is 24.3 Å². The number of rotatable bonds is 18. The van der Waals surface area contributed by atoms with E-state index in [1.165, 1.54) is 57.8 Å². The van der Waals surface area contributed by atoms with E-state index in [0.717, 1.165) is 43.1 Å². The molecule has 0 saturated carbocycles. The number of aromatic nitrogens is 2. The number of hydrogen-bond acceptors (Lipinski definition) is 5. The lowest BCUT2D eigenvalue weighted by Crippen LogP contribution is -2.08. The Morgan fingerprint density at radius 3 is 2.18 bits per heavy atom. The summed E-state index contributed by atoms with van der Waals surface area (Å²) in [5.41, 5.74) is 0.905. The fourth-order valence-corrected chi connectivity index (χ4v) is 3.79. The van der Waals surface area contributed by atoms with Crippen molar-refractivity contribution >= 4 is 5.97 Å². The van der Waals surface area contributed by atoms with Crippen LogP contribution in [0.25, 0.3) is 11.4 Å². The van der Waals surface area contributed by atoms with Gasteiger partial charge >= 0.3 is 5.97 Å². The highest BCUT2D eigenvalue weighted by molar-refractivity contribution is 5.72. The molecule has 1 aromatic heterocycles. The van der Waals surface area contributed by atoms with Crippen LogP contribution < -0.4 is 9.47 Å². The maximum absolute atomic E-state index is 12.1.